The zero-order chi connectivity index (χ0) is 22.1. The van der Waals surface area contributed by atoms with Crippen molar-refractivity contribution in [1.29, 1.82) is 0 Å². The van der Waals surface area contributed by atoms with Gasteiger partial charge in [0.2, 0.25) is 5.91 Å². The quantitative estimate of drug-likeness (QED) is 0.563. The molecule has 30 heavy (non-hydrogen) atoms. The van der Waals surface area contributed by atoms with Crippen molar-refractivity contribution in [3.05, 3.63) is 54.4 Å². The number of nitrogens with one attached hydrogen (secondary N) is 1. The van der Waals surface area contributed by atoms with Gasteiger partial charge in [0.15, 0.2) is 14.0 Å². The SMILES string of the molecule is CCC[P+]([O-])=N[C@H](C(=O)N[C@@H](Cc1ccc(-c2cccnc2)cc1)C(=O)O)C(C)C. The largest absolute Gasteiger partial charge is 0.612 e. The Labute approximate surface area is 178 Å². The smallest absolute Gasteiger partial charge is 0.326 e. The predicted octanol–water partition coefficient (Wildman–Crippen LogP) is 3.24. The molecule has 0 aliphatic carbocycles. The second kappa shape index (κ2) is 11.5. The first-order valence-electron chi connectivity index (χ1n) is 9.99. The average Bonchev–Trinajstić information content (AvgIpc) is 2.72. The number of rotatable bonds is 10. The van der Waals surface area contributed by atoms with Gasteiger partial charge in [0.1, 0.15) is 12.2 Å². The lowest BCUT2D eigenvalue weighted by Gasteiger charge is -2.19. The van der Waals surface area contributed by atoms with Crippen LogP contribution in [0.1, 0.15) is 32.8 Å². The number of carbonyl (C=O) groups is 2. The molecule has 0 bridgehead atoms. The van der Waals surface area contributed by atoms with E-state index in [0.717, 1.165) is 16.7 Å². The molecule has 1 amide bonds. The van der Waals surface area contributed by atoms with Crippen molar-refractivity contribution in [3.8, 4) is 11.1 Å². The number of aromatic nitrogens is 1. The first-order valence-corrected chi connectivity index (χ1v) is 11.4. The molecule has 160 valence electrons. The van der Waals surface area contributed by atoms with Gasteiger partial charge in [-0.2, -0.15) is 0 Å². The summed E-state index contributed by atoms with van der Waals surface area (Å²) in [5.74, 6) is -1.82. The van der Waals surface area contributed by atoms with E-state index in [4.69, 9.17) is 0 Å². The fourth-order valence-corrected chi connectivity index (χ4v) is 4.08. The third-order valence-corrected chi connectivity index (χ3v) is 5.91. The third kappa shape index (κ3) is 7.01. The van der Waals surface area contributed by atoms with E-state index < -0.39 is 31.9 Å². The van der Waals surface area contributed by atoms with E-state index in [9.17, 15) is 19.6 Å². The number of carboxylic acids is 1. The summed E-state index contributed by atoms with van der Waals surface area (Å²) in [6.45, 7) is 5.50. The van der Waals surface area contributed by atoms with E-state index in [-0.39, 0.29) is 12.3 Å². The molecule has 0 saturated heterocycles. The zero-order valence-electron chi connectivity index (χ0n) is 17.5. The molecule has 0 saturated carbocycles. The van der Waals surface area contributed by atoms with Crippen LogP contribution in [0.2, 0.25) is 0 Å². The lowest BCUT2D eigenvalue weighted by Crippen LogP contribution is -2.47. The topological polar surface area (TPSA) is 115 Å². The molecule has 0 spiro atoms. The fourth-order valence-electron chi connectivity index (χ4n) is 2.94. The number of carbonyl (C=O) groups excluding carboxylic acids is 1. The van der Waals surface area contributed by atoms with Gasteiger partial charge in [-0.3, -0.25) is 9.78 Å². The van der Waals surface area contributed by atoms with Crippen LogP contribution in [0.15, 0.2) is 53.5 Å². The highest BCUT2D eigenvalue weighted by molar-refractivity contribution is 7.39. The Morgan fingerprint density at radius 3 is 2.43 bits per heavy atom. The van der Waals surface area contributed by atoms with Gasteiger partial charge in [-0.1, -0.05) is 51.1 Å². The molecule has 1 aromatic carbocycles. The number of benzene rings is 1. The number of pyridine rings is 1. The molecule has 1 heterocycles. The molecule has 0 aliphatic rings. The van der Waals surface area contributed by atoms with Crippen molar-refractivity contribution < 1.29 is 19.6 Å². The minimum atomic E-state index is -1.84. The van der Waals surface area contributed by atoms with Crippen molar-refractivity contribution in [2.75, 3.05) is 6.16 Å². The average molecular weight is 429 g/mol. The molecular formula is C22H28N3O4P. The van der Waals surface area contributed by atoms with E-state index in [0.29, 0.717) is 12.6 Å². The van der Waals surface area contributed by atoms with Gasteiger partial charge < -0.3 is 15.3 Å². The van der Waals surface area contributed by atoms with E-state index in [1.165, 1.54) is 0 Å². The maximum absolute atomic E-state index is 12.7. The summed E-state index contributed by atoms with van der Waals surface area (Å²) in [7, 11) is -1.84. The van der Waals surface area contributed by atoms with E-state index in [1.54, 1.807) is 26.2 Å². The van der Waals surface area contributed by atoms with Crippen LogP contribution >= 0.6 is 7.94 Å². The summed E-state index contributed by atoms with van der Waals surface area (Å²) in [4.78, 5) is 40.5. The molecule has 3 atom stereocenters. The summed E-state index contributed by atoms with van der Waals surface area (Å²) in [5.41, 5.74) is 2.72. The molecule has 1 unspecified atom stereocenters. The Morgan fingerprint density at radius 2 is 1.90 bits per heavy atom. The standard InChI is InChI=1S/C22H28N3O4P/c1-4-12-30(29)25-20(15(2)3)21(26)24-19(22(27)28)13-16-7-9-17(10-8-16)18-6-5-11-23-14-18/h5-11,14-15,19-20H,4,12-13H2,1-3H3,(H,24,26)(H,27,28)/t19-,20-/m0/s1. The Balaban J connectivity index is 2.11. The Morgan fingerprint density at radius 1 is 1.20 bits per heavy atom. The monoisotopic (exact) mass is 429 g/mol. The summed E-state index contributed by atoms with van der Waals surface area (Å²) in [6.07, 6.45) is 4.72. The van der Waals surface area contributed by atoms with E-state index >= 15 is 0 Å². The van der Waals surface area contributed by atoms with Crippen LogP contribution in [0.5, 0.6) is 0 Å². The van der Waals surface area contributed by atoms with E-state index in [2.05, 4.69) is 15.0 Å². The van der Waals surface area contributed by atoms with Crippen LogP contribution in [-0.2, 0) is 16.0 Å². The number of nitrogens with zero attached hydrogens (tertiary/aromatic N) is 2. The van der Waals surface area contributed by atoms with Crippen molar-refractivity contribution in [3.63, 3.8) is 0 Å². The molecule has 8 heteroatoms. The molecule has 0 aliphatic heterocycles. The van der Waals surface area contributed by atoms with Gasteiger partial charge in [-0.15, -0.1) is 4.74 Å². The summed E-state index contributed by atoms with van der Waals surface area (Å²) < 4.78 is 4.13. The Bertz CT molecular complexity index is 870. The van der Waals surface area contributed by atoms with Crippen molar-refractivity contribution in [2.45, 2.75) is 45.7 Å². The van der Waals surface area contributed by atoms with Gasteiger partial charge in [0, 0.05) is 18.8 Å². The molecule has 7 nitrogen and oxygen atoms in total. The van der Waals surface area contributed by atoms with Crippen molar-refractivity contribution >= 4 is 19.8 Å². The lowest BCUT2D eigenvalue weighted by atomic mass is 10.0. The van der Waals surface area contributed by atoms with Gasteiger partial charge >= 0.3 is 5.97 Å². The van der Waals surface area contributed by atoms with Gasteiger partial charge in [-0.25, -0.2) is 4.79 Å². The van der Waals surface area contributed by atoms with Crippen LogP contribution < -0.4 is 10.2 Å². The highest BCUT2D eigenvalue weighted by Gasteiger charge is 2.29. The van der Waals surface area contributed by atoms with E-state index in [1.807, 2.05) is 43.3 Å². The second-order valence-corrected chi connectivity index (χ2v) is 8.80. The third-order valence-electron chi connectivity index (χ3n) is 4.57. The summed E-state index contributed by atoms with van der Waals surface area (Å²) >= 11 is 0. The molecule has 2 aromatic rings. The highest BCUT2D eigenvalue weighted by atomic mass is 31.1. The Kier molecular flexibility index (Phi) is 9.09. The van der Waals surface area contributed by atoms with Gasteiger partial charge in [0.25, 0.3) is 0 Å². The van der Waals surface area contributed by atoms with Gasteiger partial charge in [0.05, 0.1) is 0 Å². The summed E-state index contributed by atoms with van der Waals surface area (Å²) in [6, 6.07) is 9.34. The number of hydrogen-bond acceptors (Lipinski definition) is 5. The van der Waals surface area contributed by atoms with Crippen LogP contribution in [0.4, 0.5) is 0 Å². The van der Waals surface area contributed by atoms with Crippen LogP contribution in [0.3, 0.4) is 0 Å². The highest BCUT2D eigenvalue weighted by Crippen LogP contribution is 2.22. The number of carboxylic acid groups (broad SMARTS) is 1. The first-order chi connectivity index (χ1) is 14.3. The van der Waals surface area contributed by atoms with Gasteiger partial charge in [-0.05, 0) is 35.1 Å². The molecule has 2 N–H and O–H groups in total. The van der Waals surface area contributed by atoms with Crippen LogP contribution in [0.25, 0.3) is 11.1 Å². The lowest BCUT2D eigenvalue weighted by molar-refractivity contribution is -0.156. The van der Waals surface area contributed by atoms with Crippen molar-refractivity contribution in [2.24, 2.45) is 10.7 Å². The molecular weight excluding hydrogens is 401 g/mol. The minimum Gasteiger partial charge on any atom is -0.612 e. The fraction of sp³-hybridized carbons (Fsp3) is 0.409. The maximum Gasteiger partial charge on any atom is 0.326 e. The summed E-state index contributed by atoms with van der Waals surface area (Å²) in [5, 5.41) is 12.2. The Hall–Kier alpha value is -2.63. The normalized spacial score (nSPS) is 13.7. The molecule has 2 rings (SSSR count). The minimum absolute atomic E-state index is 0.139. The first kappa shape index (κ1) is 23.6. The van der Waals surface area contributed by atoms with Crippen LogP contribution in [-0.4, -0.2) is 40.2 Å². The maximum atomic E-state index is 12.7. The predicted molar refractivity (Wildman–Crippen MR) is 116 cm³/mol. The van der Waals surface area contributed by atoms with Crippen molar-refractivity contribution in [1.82, 2.24) is 10.3 Å². The number of amides is 1. The van der Waals surface area contributed by atoms with Crippen LogP contribution in [0, 0.1) is 5.92 Å². The number of aliphatic carboxylic acids is 1. The molecule has 0 radical (unpaired) electrons. The second-order valence-electron chi connectivity index (χ2n) is 7.42. The zero-order valence-corrected chi connectivity index (χ0v) is 18.4. The number of hydrogen-bond donors (Lipinski definition) is 2. The molecule has 1 aromatic heterocycles. The molecule has 0 fully saturated rings.